The maximum atomic E-state index is 12.9. The molecule has 0 saturated heterocycles. The van der Waals surface area contributed by atoms with Crippen LogP contribution in [0.5, 0.6) is 5.75 Å². The Morgan fingerprint density at radius 2 is 1.97 bits per heavy atom. The van der Waals surface area contributed by atoms with Crippen molar-refractivity contribution in [3.8, 4) is 17.0 Å². The first-order valence-electron chi connectivity index (χ1n) is 9.64. The number of fused-ring (bicyclic) bond motifs is 1. The molecule has 0 radical (unpaired) electrons. The molecule has 158 valence electrons. The second kappa shape index (κ2) is 7.39. The maximum Gasteiger partial charge on any atom is 0.416 e. The molecule has 2 heterocycles. The van der Waals surface area contributed by atoms with Gasteiger partial charge in [0.05, 0.1) is 11.2 Å². The number of benzene rings is 1. The predicted molar refractivity (Wildman–Crippen MR) is 106 cm³/mol. The van der Waals surface area contributed by atoms with Crippen molar-refractivity contribution in [1.82, 2.24) is 15.2 Å². The summed E-state index contributed by atoms with van der Waals surface area (Å²) in [5.74, 6) is -0.0442. The Balaban J connectivity index is 1.73. The monoisotopic (exact) mass is 418 g/mol. The molecular weight excluding hydrogens is 397 g/mol. The average molecular weight is 418 g/mol. The van der Waals surface area contributed by atoms with Crippen molar-refractivity contribution in [2.24, 2.45) is 0 Å². The number of aromatic nitrogens is 3. The number of rotatable bonds is 3. The normalized spacial score (nSPS) is 22.2. The van der Waals surface area contributed by atoms with Gasteiger partial charge in [0.25, 0.3) is 0 Å². The minimum atomic E-state index is -4.55. The number of alkyl halides is 3. The number of halogens is 3. The minimum Gasteiger partial charge on any atom is -0.507 e. The first-order valence-corrected chi connectivity index (χ1v) is 9.64. The lowest BCUT2D eigenvalue weighted by atomic mass is 9.83. The molecule has 1 aliphatic carbocycles. The minimum absolute atomic E-state index is 0.0109. The van der Waals surface area contributed by atoms with Gasteiger partial charge in [-0.05, 0) is 56.9 Å². The Hall–Kier alpha value is -2.94. The highest BCUT2D eigenvalue weighted by Gasteiger charge is 2.32. The van der Waals surface area contributed by atoms with Crippen molar-refractivity contribution in [2.75, 3.05) is 5.32 Å². The standard InChI is InChI=1S/C21H21F3N4O2/c1-20(30)7-2-3-13(10-20)26-19-16-11-25-8-6-14(16)18(27-28-19)15-5-4-12(9-17(15)29)21(22,23)24/h4-6,8-9,11,13,29-30H,2-3,7,10H2,1H3,(H,26,28)/t13-,20-/m1/s1. The Morgan fingerprint density at radius 1 is 1.17 bits per heavy atom. The number of pyridine rings is 1. The summed E-state index contributed by atoms with van der Waals surface area (Å²) >= 11 is 0. The SMILES string of the molecule is C[C@@]1(O)CCC[C@@H](Nc2nnc(-c3ccc(C(F)(F)F)cc3O)c3ccncc23)C1. The highest BCUT2D eigenvalue weighted by molar-refractivity contribution is 6.00. The second-order valence-electron chi connectivity index (χ2n) is 7.98. The molecule has 0 aliphatic heterocycles. The third-order valence-electron chi connectivity index (χ3n) is 5.46. The van der Waals surface area contributed by atoms with Crippen LogP contribution in [0.2, 0.25) is 0 Å². The van der Waals surface area contributed by atoms with Crippen molar-refractivity contribution >= 4 is 16.6 Å². The molecule has 0 unspecified atom stereocenters. The number of anilines is 1. The fourth-order valence-corrected chi connectivity index (χ4v) is 3.99. The molecule has 0 amide bonds. The number of nitrogens with one attached hydrogen (secondary N) is 1. The summed E-state index contributed by atoms with van der Waals surface area (Å²) in [4.78, 5) is 4.13. The van der Waals surface area contributed by atoms with Crippen molar-refractivity contribution in [3.05, 3.63) is 42.2 Å². The predicted octanol–water partition coefficient (Wildman–Crippen LogP) is 4.52. The number of aromatic hydroxyl groups is 1. The van der Waals surface area contributed by atoms with Crippen LogP contribution >= 0.6 is 0 Å². The zero-order valence-electron chi connectivity index (χ0n) is 16.2. The first-order chi connectivity index (χ1) is 14.1. The van der Waals surface area contributed by atoms with Gasteiger partial charge in [-0.3, -0.25) is 4.98 Å². The number of hydrogen-bond donors (Lipinski definition) is 3. The fourth-order valence-electron chi connectivity index (χ4n) is 3.99. The number of nitrogens with zero attached hydrogens (tertiary/aromatic N) is 3. The summed E-state index contributed by atoms with van der Waals surface area (Å²) in [6.07, 6.45) is 1.65. The van der Waals surface area contributed by atoms with Crippen molar-refractivity contribution in [1.29, 1.82) is 0 Å². The van der Waals surface area contributed by atoms with Crippen LogP contribution in [0.1, 0.15) is 38.2 Å². The largest absolute Gasteiger partial charge is 0.507 e. The van der Waals surface area contributed by atoms with Crippen LogP contribution in [0, 0.1) is 0 Å². The summed E-state index contributed by atoms with van der Waals surface area (Å²) < 4.78 is 38.7. The van der Waals surface area contributed by atoms with E-state index < -0.39 is 23.1 Å². The van der Waals surface area contributed by atoms with Crippen molar-refractivity contribution < 1.29 is 23.4 Å². The van der Waals surface area contributed by atoms with Gasteiger partial charge in [0.15, 0.2) is 5.82 Å². The van der Waals surface area contributed by atoms with E-state index in [1.807, 2.05) is 6.92 Å². The molecule has 4 rings (SSSR count). The number of phenols is 1. The Bertz CT molecular complexity index is 1090. The molecule has 3 aromatic rings. The van der Waals surface area contributed by atoms with Gasteiger partial charge in [0.1, 0.15) is 11.4 Å². The molecule has 1 fully saturated rings. The van der Waals surface area contributed by atoms with Crippen LogP contribution < -0.4 is 5.32 Å². The molecule has 0 bridgehead atoms. The van der Waals surface area contributed by atoms with E-state index in [0.29, 0.717) is 29.1 Å². The van der Waals surface area contributed by atoms with Gasteiger partial charge in [-0.15, -0.1) is 10.2 Å². The van der Waals surface area contributed by atoms with E-state index in [0.717, 1.165) is 25.3 Å². The van der Waals surface area contributed by atoms with Gasteiger partial charge < -0.3 is 15.5 Å². The molecule has 1 saturated carbocycles. The average Bonchev–Trinajstić information content (AvgIpc) is 2.67. The summed E-state index contributed by atoms with van der Waals surface area (Å²) in [5, 5.41) is 33.5. The number of phenolic OH excluding ortho intramolecular Hbond substituents is 1. The van der Waals surface area contributed by atoms with Crippen LogP contribution in [-0.4, -0.2) is 37.0 Å². The van der Waals surface area contributed by atoms with E-state index in [1.54, 1.807) is 18.5 Å². The van der Waals surface area contributed by atoms with Crippen LogP contribution in [0.4, 0.5) is 19.0 Å². The molecular formula is C21H21F3N4O2. The zero-order chi connectivity index (χ0) is 21.5. The van der Waals surface area contributed by atoms with Gasteiger partial charge in [0.2, 0.25) is 0 Å². The van der Waals surface area contributed by atoms with E-state index in [9.17, 15) is 23.4 Å². The van der Waals surface area contributed by atoms with Gasteiger partial charge in [0, 0.05) is 34.8 Å². The van der Waals surface area contributed by atoms with Crippen LogP contribution in [0.25, 0.3) is 22.0 Å². The van der Waals surface area contributed by atoms with Crippen LogP contribution in [-0.2, 0) is 6.18 Å². The zero-order valence-corrected chi connectivity index (χ0v) is 16.2. The van der Waals surface area contributed by atoms with Crippen molar-refractivity contribution in [3.63, 3.8) is 0 Å². The molecule has 2 aromatic heterocycles. The lowest BCUT2D eigenvalue weighted by molar-refractivity contribution is -0.137. The lowest BCUT2D eigenvalue weighted by Gasteiger charge is -2.34. The highest BCUT2D eigenvalue weighted by atomic mass is 19.4. The van der Waals surface area contributed by atoms with Gasteiger partial charge in [-0.2, -0.15) is 13.2 Å². The molecule has 1 aliphatic rings. The molecule has 30 heavy (non-hydrogen) atoms. The lowest BCUT2D eigenvalue weighted by Crippen LogP contribution is -2.38. The van der Waals surface area contributed by atoms with E-state index in [1.165, 1.54) is 6.07 Å². The Labute approximate surface area is 170 Å². The molecule has 2 atom stereocenters. The van der Waals surface area contributed by atoms with Crippen LogP contribution in [0.15, 0.2) is 36.7 Å². The Kier molecular flexibility index (Phi) is 5.01. The quantitative estimate of drug-likeness (QED) is 0.579. The fraction of sp³-hybridized carbons (Fsp3) is 0.381. The highest BCUT2D eigenvalue weighted by Crippen LogP contribution is 2.39. The molecule has 3 N–H and O–H groups in total. The number of aliphatic hydroxyl groups is 1. The van der Waals surface area contributed by atoms with E-state index in [4.69, 9.17) is 0 Å². The molecule has 0 spiro atoms. The van der Waals surface area contributed by atoms with Gasteiger partial charge >= 0.3 is 6.18 Å². The summed E-state index contributed by atoms with van der Waals surface area (Å²) in [7, 11) is 0. The summed E-state index contributed by atoms with van der Waals surface area (Å²) in [5.41, 5.74) is -1.27. The van der Waals surface area contributed by atoms with E-state index in [2.05, 4.69) is 20.5 Å². The summed E-state index contributed by atoms with van der Waals surface area (Å²) in [6, 6.07) is 4.46. The topological polar surface area (TPSA) is 91.2 Å². The van der Waals surface area contributed by atoms with Gasteiger partial charge in [-0.1, -0.05) is 0 Å². The number of hydrogen-bond acceptors (Lipinski definition) is 6. The Morgan fingerprint density at radius 3 is 2.67 bits per heavy atom. The van der Waals surface area contributed by atoms with Crippen molar-refractivity contribution in [2.45, 2.75) is 50.4 Å². The maximum absolute atomic E-state index is 12.9. The third-order valence-corrected chi connectivity index (χ3v) is 5.46. The molecule has 9 heteroatoms. The van der Waals surface area contributed by atoms with Crippen LogP contribution in [0.3, 0.4) is 0 Å². The third kappa shape index (κ3) is 4.02. The smallest absolute Gasteiger partial charge is 0.416 e. The van der Waals surface area contributed by atoms with Gasteiger partial charge in [-0.25, -0.2) is 0 Å². The second-order valence-corrected chi connectivity index (χ2v) is 7.98. The molecule has 6 nitrogen and oxygen atoms in total. The first kappa shape index (κ1) is 20.3. The molecule has 1 aromatic carbocycles. The summed E-state index contributed by atoms with van der Waals surface area (Å²) in [6.45, 7) is 1.81. The van der Waals surface area contributed by atoms with E-state index >= 15 is 0 Å². The van der Waals surface area contributed by atoms with E-state index in [-0.39, 0.29) is 17.3 Å².